The topological polar surface area (TPSA) is 18.5 Å². The van der Waals surface area contributed by atoms with Gasteiger partial charge < -0.3 is 9.47 Å². The molecular weight excluding hydrogens is 528 g/mol. The lowest BCUT2D eigenvalue weighted by Gasteiger charge is -2.29. The van der Waals surface area contributed by atoms with Crippen molar-refractivity contribution < 1.29 is 27.0 Å². The van der Waals surface area contributed by atoms with Crippen LogP contribution in [-0.4, -0.2) is 19.3 Å². The quantitative estimate of drug-likeness (QED) is 0.127. The number of rotatable bonds is 14. The van der Waals surface area contributed by atoms with Gasteiger partial charge in [0.25, 0.3) is 0 Å². The number of hydrogen-bond acceptors (Lipinski definition) is 2. The third-order valence-corrected chi connectivity index (χ3v) is 8.72. The second kappa shape index (κ2) is 15.6. The largest absolute Gasteiger partial charge is 0.490 e. The lowest BCUT2D eigenvalue weighted by molar-refractivity contribution is 0.0466. The van der Waals surface area contributed by atoms with Crippen molar-refractivity contribution in [3.8, 4) is 5.75 Å². The van der Waals surface area contributed by atoms with Crippen molar-refractivity contribution in [1.29, 1.82) is 0 Å². The maximum atomic E-state index is 15.1. The van der Waals surface area contributed by atoms with Crippen LogP contribution in [-0.2, 0) is 11.2 Å². The summed E-state index contributed by atoms with van der Waals surface area (Å²) >= 11 is 0. The summed E-state index contributed by atoms with van der Waals surface area (Å²) in [5.74, 6) is -3.00. The van der Waals surface area contributed by atoms with Crippen LogP contribution in [0, 0.1) is 29.2 Å². The third kappa shape index (κ3) is 8.24. The minimum Gasteiger partial charge on any atom is -0.490 e. The van der Waals surface area contributed by atoms with E-state index in [1.54, 1.807) is 24.3 Å². The van der Waals surface area contributed by atoms with E-state index in [-0.39, 0.29) is 17.8 Å². The van der Waals surface area contributed by atoms with Gasteiger partial charge in [0.15, 0.2) is 23.2 Å². The van der Waals surface area contributed by atoms with Crippen LogP contribution in [0.1, 0.15) is 107 Å². The number of benzene rings is 2. The first-order valence-corrected chi connectivity index (χ1v) is 15.4. The van der Waals surface area contributed by atoms with Crippen LogP contribution in [0.15, 0.2) is 43.0 Å². The number of unbranched alkanes of at least 4 members (excludes halogenated alkanes) is 2. The lowest BCUT2D eigenvalue weighted by atomic mass is 9.76. The molecule has 0 saturated heterocycles. The fraction of sp³-hybridized carbons (Fsp3) is 0.543. The van der Waals surface area contributed by atoms with Crippen molar-refractivity contribution in [3.05, 3.63) is 83.0 Å². The zero-order valence-corrected chi connectivity index (χ0v) is 24.3. The summed E-state index contributed by atoms with van der Waals surface area (Å²) in [6.07, 6.45) is 14.1. The van der Waals surface area contributed by atoms with Crippen LogP contribution in [0.5, 0.6) is 5.75 Å². The maximum Gasteiger partial charge on any atom is 0.200 e. The second-order valence-electron chi connectivity index (χ2n) is 11.6. The molecule has 2 aromatic carbocycles. The fourth-order valence-electron chi connectivity index (χ4n) is 6.14. The van der Waals surface area contributed by atoms with E-state index in [1.807, 2.05) is 6.08 Å². The zero-order chi connectivity index (χ0) is 29.2. The highest BCUT2D eigenvalue weighted by Gasteiger charge is 2.27. The molecule has 1 saturated carbocycles. The van der Waals surface area contributed by atoms with E-state index in [4.69, 9.17) is 9.47 Å². The average Bonchev–Trinajstić information content (AvgIpc) is 2.99. The summed E-state index contributed by atoms with van der Waals surface area (Å²) in [5.41, 5.74) is 2.03. The minimum atomic E-state index is -0.923. The molecule has 0 heterocycles. The molecule has 0 spiro atoms. The number of halogens is 4. The molecule has 2 aliphatic carbocycles. The molecule has 0 aromatic heterocycles. The van der Waals surface area contributed by atoms with E-state index in [1.165, 1.54) is 6.07 Å². The van der Waals surface area contributed by atoms with Crippen LogP contribution in [0.25, 0.3) is 5.57 Å². The Morgan fingerprint density at radius 1 is 0.878 bits per heavy atom. The Bertz CT molecular complexity index is 1180. The standard InChI is InChI=1S/C35H44F4O2/c1-3-5-7-23-41-31-21-20-30(34(38)35(31)39)25-11-8-24(9-12-25)10-13-27-16-19-29(33(37)32(27)36)26-14-17-28(18-15-26)40-22-6-4-2/h3,14,16,19-21,24-25,28H,1,4-13,15,17-18,22-23H2,2H3. The molecule has 1 unspecified atom stereocenters. The van der Waals surface area contributed by atoms with Gasteiger partial charge in [-0.05, 0) is 112 Å². The van der Waals surface area contributed by atoms with Gasteiger partial charge in [-0.2, -0.15) is 4.39 Å². The van der Waals surface area contributed by atoms with Gasteiger partial charge in [-0.15, -0.1) is 6.58 Å². The summed E-state index contributed by atoms with van der Waals surface area (Å²) in [6.45, 7) is 6.83. The molecule has 4 rings (SSSR count). The van der Waals surface area contributed by atoms with Gasteiger partial charge in [-0.25, -0.2) is 13.2 Å². The van der Waals surface area contributed by atoms with Gasteiger partial charge in [0.2, 0.25) is 5.82 Å². The summed E-state index contributed by atoms with van der Waals surface area (Å²) in [5, 5.41) is 0. The predicted octanol–water partition coefficient (Wildman–Crippen LogP) is 10.2. The van der Waals surface area contributed by atoms with Gasteiger partial charge in [-0.3, -0.25) is 0 Å². The van der Waals surface area contributed by atoms with Crippen molar-refractivity contribution >= 4 is 5.57 Å². The maximum absolute atomic E-state index is 15.1. The molecule has 0 radical (unpaired) electrons. The SMILES string of the molecule is C=CCCCOc1ccc(C2CCC(CCc3ccc(C4=CCC(OCCCC)CC4)c(F)c3F)CC2)c(F)c1F. The van der Waals surface area contributed by atoms with Crippen LogP contribution in [0.4, 0.5) is 17.6 Å². The molecule has 2 aromatic rings. The van der Waals surface area contributed by atoms with E-state index >= 15 is 8.78 Å². The molecule has 1 fully saturated rings. The Hall–Kier alpha value is -2.60. The number of ether oxygens (including phenoxy) is 2. The smallest absolute Gasteiger partial charge is 0.200 e. The van der Waals surface area contributed by atoms with Crippen LogP contribution in [0.3, 0.4) is 0 Å². The van der Waals surface area contributed by atoms with Crippen molar-refractivity contribution in [2.75, 3.05) is 13.2 Å². The average molecular weight is 573 g/mol. The van der Waals surface area contributed by atoms with Gasteiger partial charge in [0, 0.05) is 12.2 Å². The molecule has 2 nitrogen and oxygen atoms in total. The Kier molecular flexibility index (Phi) is 11.9. The Morgan fingerprint density at radius 3 is 2.39 bits per heavy atom. The highest BCUT2D eigenvalue weighted by atomic mass is 19.2. The molecule has 0 amide bonds. The molecule has 0 N–H and O–H groups in total. The molecular formula is C35H44F4O2. The lowest BCUT2D eigenvalue weighted by Crippen LogP contribution is -2.17. The Labute approximate surface area is 242 Å². The van der Waals surface area contributed by atoms with E-state index in [0.717, 1.165) is 76.4 Å². The molecule has 41 heavy (non-hydrogen) atoms. The van der Waals surface area contributed by atoms with Crippen molar-refractivity contribution in [1.82, 2.24) is 0 Å². The summed E-state index contributed by atoms with van der Waals surface area (Å²) in [6, 6.07) is 6.62. The van der Waals surface area contributed by atoms with Gasteiger partial charge in [-0.1, -0.05) is 43.7 Å². The molecule has 0 bridgehead atoms. The second-order valence-corrected chi connectivity index (χ2v) is 11.6. The van der Waals surface area contributed by atoms with E-state index in [9.17, 15) is 8.78 Å². The minimum absolute atomic E-state index is 0.0512. The number of allylic oxidation sites excluding steroid dienone is 2. The first-order valence-electron chi connectivity index (χ1n) is 15.4. The predicted molar refractivity (Wildman–Crippen MR) is 157 cm³/mol. The van der Waals surface area contributed by atoms with Crippen LogP contribution < -0.4 is 4.74 Å². The molecule has 0 aliphatic heterocycles. The van der Waals surface area contributed by atoms with E-state index in [0.29, 0.717) is 48.5 Å². The highest BCUT2D eigenvalue weighted by molar-refractivity contribution is 5.67. The third-order valence-electron chi connectivity index (χ3n) is 8.72. The zero-order valence-electron chi connectivity index (χ0n) is 24.3. The number of hydrogen-bond donors (Lipinski definition) is 0. The van der Waals surface area contributed by atoms with Gasteiger partial charge in [0.1, 0.15) is 0 Å². The van der Waals surface area contributed by atoms with Crippen molar-refractivity contribution in [3.63, 3.8) is 0 Å². The summed E-state index contributed by atoms with van der Waals surface area (Å²) in [7, 11) is 0. The highest BCUT2D eigenvalue weighted by Crippen LogP contribution is 2.40. The van der Waals surface area contributed by atoms with E-state index in [2.05, 4.69) is 13.5 Å². The number of aryl methyl sites for hydroxylation is 1. The molecule has 1 atom stereocenters. The fourth-order valence-corrected chi connectivity index (χ4v) is 6.14. The first-order chi connectivity index (χ1) is 19.9. The normalized spacial score (nSPS) is 21.0. The molecule has 224 valence electrons. The van der Waals surface area contributed by atoms with E-state index < -0.39 is 23.3 Å². The van der Waals surface area contributed by atoms with Crippen LogP contribution in [0.2, 0.25) is 0 Å². The molecule has 2 aliphatic rings. The summed E-state index contributed by atoms with van der Waals surface area (Å²) in [4.78, 5) is 0. The van der Waals surface area contributed by atoms with Crippen LogP contribution >= 0.6 is 0 Å². The molecule has 6 heteroatoms. The van der Waals surface area contributed by atoms with Gasteiger partial charge >= 0.3 is 0 Å². The van der Waals surface area contributed by atoms with Crippen molar-refractivity contribution in [2.45, 2.75) is 102 Å². The Balaban J connectivity index is 1.27. The summed E-state index contributed by atoms with van der Waals surface area (Å²) < 4.78 is 70.9. The monoisotopic (exact) mass is 572 g/mol. The first kappa shape index (κ1) is 31.3. The van der Waals surface area contributed by atoms with Crippen molar-refractivity contribution in [2.24, 2.45) is 5.92 Å². The Morgan fingerprint density at radius 2 is 1.68 bits per heavy atom. The van der Waals surface area contributed by atoms with Gasteiger partial charge in [0.05, 0.1) is 12.7 Å².